The summed E-state index contributed by atoms with van der Waals surface area (Å²) in [5.74, 6) is -0.725. The van der Waals surface area contributed by atoms with Gasteiger partial charge in [-0.25, -0.2) is 9.37 Å². The van der Waals surface area contributed by atoms with E-state index in [1.165, 1.54) is 5.56 Å². The zero-order valence-electron chi connectivity index (χ0n) is 27.7. The molecular formula is C37H44FN7O3. The van der Waals surface area contributed by atoms with E-state index in [1.54, 1.807) is 23.9 Å². The molecule has 2 fully saturated rings. The van der Waals surface area contributed by atoms with Gasteiger partial charge in [-0.2, -0.15) is 5.10 Å². The number of carbonyl (C=O) groups excluding carboxylic acids is 2. The van der Waals surface area contributed by atoms with Gasteiger partial charge in [-0.15, -0.1) is 0 Å². The number of carbonyl (C=O) groups is 2. The minimum atomic E-state index is -0.620. The van der Waals surface area contributed by atoms with Gasteiger partial charge in [0.25, 0.3) is 11.8 Å². The van der Waals surface area contributed by atoms with Gasteiger partial charge in [-0.3, -0.25) is 14.3 Å². The Labute approximate surface area is 281 Å². The van der Waals surface area contributed by atoms with Crippen molar-refractivity contribution in [3.8, 4) is 22.8 Å². The van der Waals surface area contributed by atoms with Gasteiger partial charge in [0.1, 0.15) is 22.8 Å². The molecule has 10 nitrogen and oxygen atoms in total. The van der Waals surface area contributed by atoms with E-state index in [2.05, 4.69) is 55.2 Å². The summed E-state index contributed by atoms with van der Waals surface area (Å²) in [6.07, 6.45) is 5.98. The summed E-state index contributed by atoms with van der Waals surface area (Å²) in [7, 11) is 1.80. The number of aromatic nitrogens is 3. The number of hydrogen-bond donors (Lipinski definition) is 3. The third-order valence-corrected chi connectivity index (χ3v) is 9.29. The second-order valence-electron chi connectivity index (χ2n) is 12.8. The van der Waals surface area contributed by atoms with Crippen molar-refractivity contribution in [1.82, 2.24) is 35.6 Å². The van der Waals surface area contributed by atoms with Crippen LogP contribution in [-0.2, 0) is 13.5 Å². The minimum Gasteiger partial charge on any atom is -0.438 e. The Morgan fingerprint density at radius 1 is 0.938 bits per heavy atom. The van der Waals surface area contributed by atoms with E-state index in [-0.39, 0.29) is 29.4 Å². The zero-order valence-corrected chi connectivity index (χ0v) is 27.7. The van der Waals surface area contributed by atoms with Crippen LogP contribution in [0.2, 0.25) is 0 Å². The summed E-state index contributed by atoms with van der Waals surface area (Å²) in [6, 6.07) is 19.0. The third kappa shape index (κ3) is 8.64. The van der Waals surface area contributed by atoms with Crippen molar-refractivity contribution < 1.29 is 18.7 Å². The highest BCUT2D eigenvalue weighted by atomic mass is 19.1. The normalized spacial score (nSPS) is 18.3. The molecule has 2 aromatic heterocycles. The summed E-state index contributed by atoms with van der Waals surface area (Å²) >= 11 is 0. The molecule has 11 heteroatoms. The lowest BCUT2D eigenvalue weighted by Crippen LogP contribution is -2.44. The topological polar surface area (TPSA) is 113 Å². The molecule has 252 valence electrons. The van der Waals surface area contributed by atoms with E-state index in [4.69, 9.17) is 4.74 Å². The lowest BCUT2D eigenvalue weighted by atomic mass is 9.91. The smallest absolute Gasteiger partial charge is 0.272 e. The maximum Gasteiger partial charge on any atom is 0.272 e. The van der Waals surface area contributed by atoms with Crippen LogP contribution in [0, 0.1) is 12.7 Å². The van der Waals surface area contributed by atoms with Crippen LogP contribution in [0.25, 0.3) is 11.1 Å². The van der Waals surface area contributed by atoms with Gasteiger partial charge < -0.3 is 25.6 Å². The summed E-state index contributed by atoms with van der Waals surface area (Å²) in [5.41, 5.74) is 4.67. The Hall–Kier alpha value is -4.61. The average Bonchev–Trinajstić information content (AvgIpc) is 3.45. The van der Waals surface area contributed by atoms with Crippen molar-refractivity contribution in [2.75, 3.05) is 32.7 Å². The lowest BCUT2D eigenvalue weighted by Gasteiger charge is -2.29. The molecule has 2 aromatic carbocycles. The number of piperazine rings is 1. The fourth-order valence-electron chi connectivity index (χ4n) is 6.40. The second-order valence-corrected chi connectivity index (χ2v) is 12.8. The van der Waals surface area contributed by atoms with Crippen LogP contribution in [0.15, 0.2) is 66.9 Å². The number of halogens is 1. The molecule has 0 atom stereocenters. The van der Waals surface area contributed by atoms with E-state index < -0.39 is 11.7 Å². The Bertz CT molecular complexity index is 1690. The Balaban J connectivity index is 1.03. The number of amides is 2. The first-order valence-electron chi connectivity index (χ1n) is 16.9. The van der Waals surface area contributed by atoms with E-state index >= 15 is 0 Å². The van der Waals surface area contributed by atoms with Gasteiger partial charge in [0.05, 0.1) is 6.20 Å². The molecule has 0 bridgehead atoms. The van der Waals surface area contributed by atoms with Crippen molar-refractivity contribution in [3.05, 3.63) is 95.2 Å². The number of benzene rings is 2. The molecular weight excluding hydrogens is 609 g/mol. The number of aryl methyl sites for hydroxylation is 3. The monoisotopic (exact) mass is 653 g/mol. The van der Waals surface area contributed by atoms with Crippen molar-refractivity contribution in [1.29, 1.82) is 0 Å². The lowest BCUT2D eigenvalue weighted by molar-refractivity contribution is 0.0887. The fraction of sp³-hybridized carbons (Fsp3) is 0.405. The molecule has 48 heavy (non-hydrogen) atoms. The number of hydrogen-bond acceptors (Lipinski definition) is 7. The van der Waals surface area contributed by atoms with E-state index in [0.29, 0.717) is 37.1 Å². The quantitative estimate of drug-likeness (QED) is 0.208. The highest BCUT2D eigenvalue weighted by Gasteiger charge is 2.26. The number of nitrogens with one attached hydrogen (secondary N) is 3. The number of rotatable bonds is 11. The summed E-state index contributed by atoms with van der Waals surface area (Å²) in [4.78, 5) is 32.6. The SMILES string of the molecule is Cc1cc(C(=O)N[C@H]2CC[C@H](NC(=O)c3cc(F)cnc3Oc3cccc(-c4ccc(CCCN5CCNCC5)cc4)c3)CC2)nn1C. The molecule has 6 rings (SSSR count). The molecule has 4 aromatic rings. The van der Waals surface area contributed by atoms with E-state index in [1.807, 2.05) is 25.1 Å². The Morgan fingerprint density at radius 3 is 2.33 bits per heavy atom. The largest absolute Gasteiger partial charge is 0.438 e. The molecule has 1 aliphatic heterocycles. The van der Waals surface area contributed by atoms with Crippen molar-refractivity contribution in [3.63, 3.8) is 0 Å². The molecule has 3 heterocycles. The van der Waals surface area contributed by atoms with Crippen LogP contribution in [0.1, 0.15) is 64.2 Å². The van der Waals surface area contributed by atoms with Gasteiger partial charge in [0.15, 0.2) is 0 Å². The standard InChI is InChI=1S/C37H44FN7O3/c1-25-21-34(43-44(25)2)36(47)42-31-14-12-30(13-15-31)41-35(46)33-23-29(38)24-40-37(33)48-32-7-3-6-28(22-32)27-10-8-26(9-11-27)5-4-18-45-19-16-39-17-20-45/h3,6-11,21-24,30-31,39H,4-5,12-20H2,1-2H3,(H,41,46)(H,42,47)/t30-,31-. The number of ether oxygens (including phenoxy) is 1. The first-order chi connectivity index (χ1) is 23.3. The van der Waals surface area contributed by atoms with Gasteiger partial charge >= 0.3 is 0 Å². The van der Waals surface area contributed by atoms with Crippen LogP contribution in [0.4, 0.5) is 4.39 Å². The van der Waals surface area contributed by atoms with Crippen LogP contribution in [0.3, 0.4) is 0 Å². The summed E-state index contributed by atoms with van der Waals surface area (Å²) < 4.78 is 22.1. The highest BCUT2D eigenvalue weighted by molar-refractivity contribution is 5.96. The first-order valence-corrected chi connectivity index (χ1v) is 16.9. The molecule has 2 aliphatic rings. The molecule has 0 radical (unpaired) electrons. The van der Waals surface area contributed by atoms with Crippen LogP contribution in [-0.4, -0.2) is 76.3 Å². The predicted octanol–water partition coefficient (Wildman–Crippen LogP) is 5.03. The van der Waals surface area contributed by atoms with E-state index in [0.717, 1.165) is 74.6 Å². The number of nitrogens with zero attached hydrogens (tertiary/aromatic N) is 4. The summed E-state index contributed by atoms with van der Waals surface area (Å²) in [5, 5.41) is 13.7. The van der Waals surface area contributed by atoms with Gasteiger partial charge in [0.2, 0.25) is 5.88 Å². The highest BCUT2D eigenvalue weighted by Crippen LogP contribution is 2.29. The Kier molecular flexibility index (Phi) is 10.8. The van der Waals surface area contributed by atoms with Crippen LogP contribution in [0.5, 0.6) is 11.6 Å². The van der Waals surface area contributed by atoms with Crippen molar-refractivity contribution in [2.24, 2.45) is 7.05 Å². The minimum absolute atomic E-state index is 0.00595. The van der Waals surface area contributed by atoms with Gasteiger partial charge in [-0.1, -0.05) is 36.4 Å². The zero-order chi connectivity index (χ0) is 33.5. The van der Waals surface area contributed by atoms with Crippen molar-refractivity contribution in [2.45, 2.75) is 57.5 Å². The summed E-state index contributed by atoms with van der Waals surface area (Å²) in [6.45, 7) is 7.40. The second kappa shape index (κ2) is 15.5. The predicted molar refractivity (Wildman–Crippen MR) is 183 cm³/mol. The van der Waals surface area contributed by atoms with Crippen molar-refractivity contribution >= 4 is 11.8 Å². The number of pyridine rings is 1. The molecule has 1 saturated heterocycles. The van der Waals surface area contributed by atoms with E-state index in [9.17, 15) is 14.0 Å². The molecule has 1 saturated carbocycles. The molecule has 0 spiro atoms. The Morgan fingerprint density at radius 2 is 1.65 bits per heavy atom. The maximum absolute atomic E-state index is 14.3. The molecule has 1 aliphatic carbocycles. The molecule has 3 N–H and O–H groups in total. The molecule has 2 amide bonds. The molecule has 0 unspecified atom stereocenters. The van der Waals surface area contributed by atoms with Crippen LogP contribution >= 0.6 is 0 Å². The maximum atomic E-state index is 14.3. The fourth-order valence-corrected chi connectivity index (χ4v) is 6.40. The van der Waals surface area contributed by atoms with Gasteiger partial charge in [-0.05, 0) is 92.9 Å². The van der Waals surface area contributed by atoms with Gasteiger partial charge in [0, 0.05) is 51.0 Å². The third-order valence-electron chi connectivity index (χ3n) is 9.29. The van der Waals surface area contributed by atoms with Crippen LogP contribution < -0.4 is 20.7 Å². The average molecular weight is 654 g/mol. The first kappa shape index (κ1) is 33.3.